The third-order valence-electron chi connectivity index (χ3n) is 2.87. The summed E-state index contributed by atoms with van der Waals surface area (Å²) in [5, 5.41) is 1.88. The van der Waals surface area contributed by atoms with Crippen molar-refractivity contribution in [1.82, 2.24) is 0 Å². The Hall–Kier alpha value is -2.33. The number of nitrogens with one attached hydrogen (secondary N) is 1. The van der Waals surface area contributed by atoms with Crippen LogP contribution in [0.2, 0.25) is 0 Å². The summed E-state index contributed by atoms with van der Waals surface area (Å²) in [4.78, 5) is 23.6. The molecule has 0 saturated heterocycles. The smallest absolute Gasteiger partial charge is 0.337 e. The van der Waals surface area contributed by atoms with E-state index in [4.69, 9.17) is 11.6 Å². The van der Waals surface area contributed by atoms with Crippen molar-refractivity contribution < 1.29 is 14.3 Å². The summed E-state index contributed by atoms with van der Waals surface area (Å²) < 4.78 is 4.64. The Morgan fingerprint density at radius 2 is 1.81 bits per heavy atom. The van der Waals surface area contributed by atoms with Crippen LogP contribution in [0.3, 0.4) is 0 Å². The first-order valence-corrected chi connectivity index (χ1v) is 6.73. The highest BCUT2D eigenvalue weighted by atomic mass is 35.5. The van der Waals surface area contributed by atoms with Gasteiger partial charge in [0.1, 0.15) is 5.38 Å². The van der Waals surface area contributed by atoms with Gasteiger partial charge in [0.2, 0.25) is 5.91 Å². The van der Waals surface area contributed by atoms with E-state index in [9.17, 15) is 9.59 Å². The van der Waals surface area contributed by atoms with Crippen LogP contribution in [0.1, 0.15) is 21.3 Å². The minimum absolute atomic E-state index is 0.357. The number of rotatable bonds is 4. The number of esters is 1. The van der Waals surface area contributed by atoms with Gasteiger partial charge in [-0.25, -0.2) is 4.79 Å². The fourth-order valence-electron chi connectivity index (χ4n) is 1.82. The van der Waals surface area contributed by atoms with E-state index in [0.29, 0.717) is 16.8 Å². The first-order valence-electron chi connectivity index (χ1n) is 6.30. The summed E-state index contributed by atoms with van der Waals surface area (Å²) in [6, 6.07) is 15.5. The first kappa shape index (κ1) is 15.1. The van der Waals surface area contributed by atoms with Gasteiger partial charge in [-0.15, -0.1) is 11.6 Å². The van der Waals surface area contributed by atoms with Crippen LogP contribution in [0.15, 0.2) is 54.6 Å². The van der Waals surface area contributed by atoms with Gasteiger partial charge in [-0.05, 0) is 23.8 Å². The standard InChI is InChI=1S/C16H14ClNO3/c1-21-16(20)12-8-5-9-13(10-12)18-15(19)14(17)11-6-3-2-4-7-11/h2-10,14H,1H3,(H,18,19). The molecule has 0 spiro atoms. The van der Waals surface area contributed by atoms with E-state index in [2.05, 4.69) is 10.1 Å². The third kappa shape index (κ3) is 3.83. The lowest BCUT2D eigenvalue weighted by Gasteiger charge is -2.11. The van der Waals surface area contributed by atoms with E-state index < -0.39 is 11.3 Å². The molecule has 1 N–H and O–H groups in total. The molecule has 5 heteroatoms. The second-order valence-electron chi connectivity index (χ2n) is 4.33. The fourth-order valence-corrected chi connectivity index (χ4v) is 2.02. The third-order valence-corrected chi connectivity index (χ3v) is 3.32. The SMILES string of the molecule is COC(=O)c1cccc(NC(=O)C(Cl)c2ccccc2)c1. The number of hydrogen-bond donors (Lipinski definition) is 1. The highest BCUT2D eigenvalue weighted by molar-refractivity contribution is 6.32. The van der Waals surface area contributed by atoms with Crippen molar-refractivity contribution >= 4 is 29.2 Å². The number of amides is 1. The molecule has 2 aromatic carbocycles. The lowest BCUT2D eigenvalue weighted by Crippen LogP contribution is -2.17. The molecule has 0 aromatic heterocycles. The van der Waals surface area contributed by atoms with E-state index in [1.54, 1.807) is 36.4 Å². The molecule has 4 nitrogen and oxygen atoms in total. The van der Waals surface area contributed by atoms with Crippen molar-refractivity contribution in [3.8, 4) is 0 Å². The Morgan fingerprint density at radius 1 is 1.10 bits per heavy atom. The molecular formula is C16H14ClNO3. The van der Waals surface area contributed by atoms with Crippen LogP contribution in [-0.2, 0) is 9.53 Å². The molecule has 21 heavy (non-hydrogen) atoms. The van der Waals surface area contributed by atoms with Gasteiger partial charge in [-0.2, -0.15) is 0 Å². The average molecular weight is 304 g/mol. The zero-order valence-corrected chi connectivity index (χ0v) is 12.1. The van der Waals surface area contributed by atoms with Gasteiger partial charge in [0.15, 0.2) is 0 Å². The maximum Gasteiger partial charge on any atom is 0.337 e. The summed E-state index contributed by atoms with van der Waals surface area (Å²) in [6.45, 7) is 0. The van der Waals surface area contributed by atoms with Gasteiger partial charge in [0.05, 0.1) is 12.7 Å². The molecule has 0 aliphatic rings. The zero-order valence-electron chi connectivity index (χ0n) is 11.4. The molecule has 0 aliphatic heterocycles. The van der Waals surface area contributed by atoms with Gasteiger partial charge in [0, 0.05) is 5.69 Å². The van der Waals surface area contributed by atoms with Crippen LogP contribution >= 0.6 is 11.6 Å². The zero-order chi connectivity index (χ0) is 15.2. The summed E-state index contributed by atoms with van der Waals surface area (Å²) in [5.74, 6) is -0.818. The summed E-state index contributed by atoms with van der Waals surface area (Å²) in [5.41, 5.74) is 1.56. The highest BCUT2D eigenvalue weighted by Gasteiger charge is 2.17. The van der Waals surface area contributed by atoms with E-state index in [1.165, 1.54) is 7.11 Å². The maximum absolute atomic E-state index is 12.1. The monoisotopic (exact) mass is 303 g/mol. The molecule has 2 aromatic rings. The van der Waals surface area contributed by atoms with Crippen molar-refractivity contribution in [3.05, 3.63) is 65.7 Å². The number of alkyl halides is 1. The van der Waals surface area contributed by atoms with Crippen LogP contribution in [0.4, 0.5) is 5.69 Å². The highest BCUT2D eigenvalue weighted by Crippen LogP contribution is 2.22. The van der Waals surface area contributed by atoms with Gasteiger partial charge in [0.25, 0.3) is 0 Å². The van der Waals surface area contributed by atoms with E-state index in [1.807, 2.05) is 18.2 Å². The molecular weight excluding hydrogens is 290 g/mol. The normalized spacial score (nSPS) is 11.5. The molecule has 1 atom stereocenters. The Balaban J connectivity index is 2.11. The molecule has 0 heterocycles. The van der Waals surface area contributed by atoms with Crippen LogP contribution in [-0.4, -0.2) is 19.0 Å². The second kappa shape index (κ2) is 6.90. The summed E-state index contributed by atoms with van der Waals surface area (Å²) >= 11 is 6.13. The van der Waals surface area contributed by atoms with Crippen molar-refractivity contribution in [1.29, 1.82) is 0 Å². The first-order chi connectivity index (χ1) is 10.1. The second-order valence-corrected chi connectivity index (χ2v) is 4.77. The number of carbonyl (C=O) groups excluding carboxylic acids is 2. The Bertz CT molecular complexity index is 643. The van der Waals surface area contributed by atoms with Gasteiger partial charge in [-0.1, -0.05) is 36.4 Å². The van der Waals surface area contributed by atoms with E-state index >= 15 is 0 Å². The largest absolute Gasteiger partial charge is 0.465 e. The number of anilines is 1. The maximum atomic E-state index is 12.1. The molecule has 0 bridgehead atoms. The molecule has 0 fully saturated rings. The molecule has 0 aliphatic carbocycles. The molecule has 0 saturated carbocycles. The molecule has 1 amide bonds. The Labute approximate surface area is 127 Å². The lowest BCUT2D eigenvalue weighted by molar-refractivity contribution is -0.116. The molecule has 108 valence electrons. The van der Waals surface area contributed by atoms with Crippen molar-refractivity contribution in [3.63, 3.8) is 0 Å². The number of methoxy groups -OCH3 is 1. The van der Waals surface area contributed by atoms with Crippen molar-refractivity contribution in [2.75, 3.05) is 12.4 Å². The van der Waals surface area contributed by atoms with Crippen molar-refractivity contribution in [2.24, 2.45) is 0 Å². The number of carbonyl (C=O) groups is 2. The Kier molecular flexibility index (Phi) is 4.95. The van der Waals surface area contributed by atoms with Crippen LogP contribution < -0.4 is 5.32 Å². The minimum atomic E-state index is -0.798. The van der Waals surface area contributed by atoms with Gasteiger partial charge < -0.3 is 10.1 Å². The number of ether oxygens (including phenoxy) is 1. The number of halogens is 1. The van der Waals surface area contributed by atoms with Gasteiger partial charge >= 0.3 is 5.97 Å². The molecule has 0 radical (unpaired) electrons. The average Bonchev–Trinajstić information content (AvgIpc) is 2.54. The Morgan fingerprint density at radius 3 is 2.48 bits per heavy atom. The quantitative estimate of drug-likeness (QED) is 0.696. The van der Waals surface area contributed by atoms with Crippen LogP contribution in [0, 0.1) is 0 Å². The molecule has 1 unspecified atom stereocenters. The van der Waals surface area contributed by atoms with E-state index in [-0.39, 0.29) is 5.91 Å². The topological polar surface area (TPSA) is 55.4 Å². The molecule has 2 rings (SSSR count). The minimum Gasteiger partial charge on any atom is -0.465 e. The van der Waals surface area contributed by atoms with E-state index in [0.717, 1.165) is 0 Å². The van der Waals surface area contributed by atoms with Crippen LogP contribution in [0.25, 0.3) is 0 Å². The number of hydrogen-bond acceptors (Lipinski definition) is 3. The fraction of sp³-hybridized carbons (Fsp3) is 0.125. The summed E-state index contributed by atoms with van der Waals surface area (Å²) in [6.07, 6.45) is 0. The predicted molar refractivity (Wildman–Crippen MR) is 81.4 cm³/mol. The van der Waals surface area contributed by atoms with Gasteiger partial charge in [-0.3, -0.25) is 4.79 Å². The van der Waals surface area contributed by atoms with Crippen molar-refractivity contribution in [2.45, 2.75) is 5.38 Å². The predicted octanol–water partition coefficient (Wildman–Crippen LogP) is 3.39. The lowest BCUT2D eigenvalue weighted by atomic mass is 10.1. The number of benzene rings is 2. The van der Waals surface area contributed by atoms with Crippen LogP contribution in [0.5, 0.6) is 0 Å². The summed E-state index contributed by atoms with van der Waals surface area (Å²) in [7, 11) is 1.30.